The third-order valence-corrected chi connectivity index (χ3v) is 9.45. The maximum atomic E-state index is 13.3. The summed E-state index contributed by atoms with van der Waals surface area (Å²) in [4.78, 5) is 43.3. The van der Waals surface area contributed by atoms with Crippen molar-refractivity contribution in [2.24, 2.45) is 5.73 Å². The molecule has 3 aliphatic rings. The van der Waals surface area contributed by atoms with E-state index in [-0.39, 0.29) is 29.0 Å². The molecule has 44 heavy (non-hydrogen) atoms. The number of aromatic nitrogens is 4. The molecule has 2 fully saturated rings. The lowest BCUT2D eigenvalue weighted by atomic mass is 10.1. The Kier molecular flexibility index (Phi) is 9.23. The van der Waals surface area contributed by atoms with Crippen LogP contribution in [0.25, 0.3) is 11.2 Å². The number of imidazole rings is 1. The third-order valence-electron chi connectivity index (χ3n) is 6.87. The molecule has 0 spiro atoms. The number of carbonyl (C=O) groups is 1. The predicted octanol–water partition coefficient (Wildman–Crippen LogP) is -2.69. The van der Waals surface area contributed by atoms with E-state index in [2.05, 4.69) is 19.3 Å². The number of fused-ring (bicyclic) bond motifs is 1. The Morgan fingerprint density at radius 3 is 2.20 bits per heavy atom. The molecule has 5 heterocycles. The molecule has 2 aromatic rings. The van der Waals surface area contributed by atoms with E-state index in [1.165, 1.54) is 28.2 Å². The molecule has 0 aromatic carbocycles. The van der Waals surface area contributed by atoms with Crippen molar-refractivity contribution >= 4 is 38.5 Å². The first-order chi connectivity index (χ1) is 20.7. The number of hydrogen-bond donors (Lipinski definition) is 8. The quantitative estimate of drug-likeness (QED) is 0.113. The zero-order valence-electron chi connectivity index (χ0n) is 22.4. The number of ether oxygens (including phenoxy) is 2. The normalized spacial score (nSPS) is 32.2. The van der Waals surface area contributed by atoms with Gasteiger partial charge in [-0.1, -0.05) is 6.08 Å². The molecule has 3 aliphatic heterocycles. The molecule has 2 aromatic heterocycles. The number of nitrogens with two attached hydrogens (primary N) is 2. The van der Waals surface area contributed by atoms with Gasteiger partial charge in [0.25, 0.3) is 0 Å². The summed E-state index contributed by atoms with van der Waals surface area (Å²) in [6.45, 7) is -1.76. The highest BCUT2D eigenvalue weighted by Gasteiger charge is 2.49. The fraction of sp³-hybridized carbons (Fsp3) is 0.524. The summed E-state index contributed by atoms with van der Waals surface area (Å²) in [5.41, 5.74) is 11.6. The third kappa shape index (κ3) is 6.70. The molecule has 10 N–H and O–H groups in total. The van der Waals surface area contributed by atoms with E-state index in [1.54, 1.807) is 6.08 Å². The second kappa shape index (κ2) is 12.5. The second-order valence-corrected chi connectivity index (χ2v) is 12.9. The van der Waals surface area contributed by atoms with Crippen LogP contribution in [0.3, 0.4) is 0 Å². The van der Waals surface area contributed by atoms with Crippen LogP contribution in [0.5, 0.6) is 0 Å². The number of anilines is 1. The molecule has 2 saturated heterocycles. The Labute approximate surface area is 247 Å². The Hall–Kier alpha value is -2.88. The average molecular weight is 665 g/mol. The molecule has 23 heteroatoms. The first-order valence-electron chi connectivity index (χ1n) is 12.7. The van der Waals surface area contributed by atoms with Crippen molar-refractivity contribution in [2.75, 3.05) is 18.9 Å². The number of phosphoric acid groups is 2. The van der Waals surface area contributed by atoms with Crippen molar-refractivity contribution in [3.8, 4) is 0 Å². The number of nitrogen functional groups attached to an aromatic ring is 1. The Morgan fingerprint density at radius 2 is 1.59 bits per heavy atom. The van der Waals surface area contributed by atoms with E-state index in [9.17, 15) is 44.1 Å². The van der Waals surface area contributed by atoms with Crippen LogP contribution in [-0.4, -0.2) is 117 Å². The van der Waals surface area contributed by atoms with E-state index in [0.29, 0.717) is 0 Å². The van der Waals surface area contributed by atoms with E-state index in [1.807, 2.05) is 0 Å². The smallest absolute Gasteiger partial charge is 0.387 e. The lowest BCUT2D eigenvalue weighted by Crippen LogP contribution is -2.40. The van der Waals surface area contributed by atoms with Gasteiger partial charge in [-0.25, -0.2) is 24.1 Å². The molecule has 21 nitrogen and oxygen atoms in total. The van der Waals surface area contributed by atoms with Gasteiger partial charge in [0, 0.05) is 18.0 Å². The summed E-state index contributed by atoms with van der Waals surface area (Å²) in [6.07, 6.45) is -5.03. The molecule has 0 radical (unpaired) electrons. The minimum absolute atomic E-state index is 0.0452. The van der Waals surface area contributed by atoms with Gasteiger partial charge in [0.05, 0.1) is 19.5 Å². The van der Waals surface area contributed by atoms with Gasteiger partial charge in [0.2, 0.25) is 5.91 Å². The zero-order chi connectivity index (χ0) is 32.0. The molecule has 9 unspecified atom stereocenters. The number of allylic oxidation sites excluding steroid dienone is 1. The molecule has 0 aliphatic carbocycles. The number of hydrogen-bond acceptors (Lipinski definition) is 17. The van der Waals surface area contributed by atoms with E-state index < -0.39 is 83.8 Å². The number of amides is 1. The van der Waals surface area contributed by atoms with Crippen LogP contribution in [-0.2, 0) is 36.8 Å². The Morgan fingerprint density at radius 1 is 0.977 bits per heavy atom. The summed E-state index contributed by atoms with van der Waals surface area (Å²) >= 11 is 0. The van der Waals surface area contributed by atoms with Gasteiger partial charge in [0.15, 0.2) is 23.9 Å². The topological polar surface area (TPSA) is 318 Å². The van der Waals surface area contributed by atoms with Crippen molar-refractivity contribution in [3.05, 3.63) is 36.7 Å². The number of rotatable bonds is 11. The lowest BCUT2D eigenvalue weighted by molar-refractivity contribution is -0.115. The van der Waals surface area contributed by atoms with Crippen molar-refractivity contribution < 1.29 is 67.0 Å². The molecular formula is C21H29N7O14P2. The van der Waals surface area contributed by atoms with Gasteiger partial charge in [-0.15, -0.1) is 0 Å². The van der Waals surface area contributed by atoms with Crippen LogP contribution < -0.4 is 11.5 Å². The van der Waals surface area contributed by atoms with Crippen LogP contribution in [0.1, 0.15) is 12.6 Å². The maximum Gasteiger partial charge on any atom is 0.483 e. The lowest BCUT2D eigenvalue weighted by Gasteiger charge is -2.28. The summed E-state index contributed by atoms with van der Waals surface area (Å²) in [7, 11) is -10.7. The van der Waals surface area contributed by atoms with E-state index >= 15 is 0 Å². The molecule has 0 saturated carbocycles. The highest BCUT2D eigenvalue weighted by molar-refractivity contribution is 7.61. The van der Waals surface area contributed by atoms with Crippen LogP contribution >= 0.6 is 15.6 Å². The largest absolute Gasteiger partial charge is 0.483 e. The molecule has 9 atom stereocenters. The maximum absolute atomic E-state index is 13.3. The van der Waals surface area contributed by atoms with Crippen molar-refractivity contribution in [1.82, 2.24) is 24.4 Å². The minimum atomic E-state index is -5.52. The molecular weight excluding hydrogens is 636 g/mol. The number of aliphatic hydroxyl groups is 4. The zero-order valence-corrected chi connectivity index (χ0v) is 24.2. The highest BCUT2D eigenvalue weighted by atomic mass is 31.3. The van der Waals surface area contributed by atoms with Gasteiger partial charge in [-0.05, 0) is 6.42 Å². The standard InChI is InChI=1S/C21H29N7O14P2/c22-17-12-19(25-7-24-17)28(8-26-12)21-16(32)14(30)11(41-21)6-39-44(37,42-43(34,35)36)38-5-10-13(29)15(31)20(40-10)27-3-1-2-9(4-27)18(23)33/h1,3-4,7-8,10-11,13-16,20-21,29-32H,2,5-6H2,(H2,23,33)(H2,22,24,25)(H2,34,35,36). The van der Waals surface area contributed by atoms with Crippen molar-refractivity contribution in [2.45, 2.75) is 55.5 Å². The van der Waals surface area contributed by atoms with Crippen LogP contribution in [0.15, 0.2) is 36.7 Å². The second-order valence-electron chi connectivity index (χ2n) is 9.84. The van der Waals surface area contributed by atoms with Crippen LogP contribution in [0.4, 0.5) is 5.82 Å². The number of nitrogens with zero attached hydrogens (tertiary/aromatic N) is 5. The summed E-state index contributed by atoms with van der Waals surface area (Å²) in [5, 5.41) is 42.2. The Bertz CT molecular complexity index is 1550. The summed E-state index contributed by atoms with van der Waals surface area (Å²) in [6, 6.07) is 0. The van der Waals surface area contributed by atoms with Gasteiger partial charge >= 0.3 is 15.6 Å². The first kappa shape index (κ1) is 32.5. The average Bonchev–Trinajstić information content (AvgIpc) is 3.60. The minimum Gasteiger partial charge on any atom is -0.387 e. The molecule has 0 bridgehead atoms. The Balaban J connectivity index is 1.25. The van der Waals surface area contributed by atoms with Gasteiger partial charge in [-0.3, -0.25) is 18.4 Å². The molecule has 5 rings (SSSR count). The van der Waals surface area contributed by atoms with Gasteiger partial charge < -0.3 is 56.1 Å². The van der Waals surface area contributed by atoms with E-state index in [0.717, 1.165) is 6.33 Å². The van der Waals surface area contributed by atoms with Gasteiger partial charge in [-0.2, -0.15) is 4.31 Å². The van der Waals surface area contributed by atoms with Gasteiger partial charge in [0.1, 0.15) is 48.5 Å². The summed E-state index contributed by atoms with van der Waals surface area (Å²) in [5.74, 6) is -0.670. The highest BCUT2D eigenvalue weighted by Crippen LogP contribution is 2.61. The number of carbonyl (C=O) groups excluding carboxylic acids is 1. The number of primary amides is 1. The van der Waals surface area contributed by atoms with E-state index in [4.69, 9.17) is 30.0 Å². The predicted molar refractivity (Wildman–Crippen MR) is 142 cm³/mol. The fourth-order valence-corrected chi connectivity index (χ4v) is 6.86. The van der Waals surface area contributed by atoms with Crippen molar-refractivity contribution in [1.29, 1.82) is 0 Å². The number of phosphoric ester groups is 1. The SMILES string of the molecule is NC(=O)C1=CN(C2OC(COP(=O)(OCC3OC(n4cnc5c(N)ncnc54)C(O)C3O)OP(=O)(O)O)C(O)C2O)C=CC1. The first-order valence-corrected chi connectivity index (χ1v) is 15.7. The van der Waals surface area contributed by atoms with Crippen molar-refractivity contribution in [3.63, 3.8) is 0 Å². The summed E-state index contributed by atoms with van der Waals surface area (Å²) < 4.78 is 51.7. The van der Waals surface area contributed by atoms with Crippen LogP contribution in [0, 0.1) is 0 Å². The number of aliphatic hydroxyl groups excluding tert-OH is 4. The monoisotopic (exact) mass is 665 g/mol. The molecule has 242 valence electrons. The van der Waals surface area contributed by atoms with Crippen LogP contribution in [0.2, 0.25) is 0 Å². The molecule has 1 amide bonds. The fourth-order valence-electron chi connectivity index (χ4n) is 4.71.